The summed E-state index contributed by atoms with van der Waals surface area (Å²) in [5.74, 6) is -1.18. The van der Waals surface area contributed by atoms with Crippen molar-refractivity contribution < 1.29 is 18.7 Å². The van der Waals surface area contributed by atoms with E-state index in [1.165, 1.54) is 6.92 Å². The summed E-state index contributed by atoms with van der Waals surface area (Å²) < 4.78 is 25.3. The summed E-state index contributed by atoms with van der Waals surface area (Å²) in [6.45, 7) is 1.39. The fourth-order valence-corrected chi connectivity index (χ4v) is 1.41. The molecule has 0 atom stereocenters. The van der Waals surface area contributed by atoms with Crippen molar-refractivity contribution in [3.8, 4) is 0 Å². The van der Waals surface area contributed by atoms with Crippen molar-refractivity contribution in [2.45, 2.75) is 19.8 Å². The lowest BCUT2D eigenvalue weighted by atomic mass is 10.0. The van der Waals surface area contributed by atoms with Gasteiger partial charge >= 0.3 is 5.97 Å². The van der Waals surface area contributed by atoms with Crippen molar-refractivity contribution in [2.75, 3.05) is 0 Å². The van der Waals surface area contributed by atoms with Gasteiger partial charge in [0.05, 0.1) is 6.42 Å². The van der Waals surface area contributed by atoms with Crippen molar-refractivity contribution in [3.05, 3.63) is 28.0 Å². The first kappa shape index (κ1) is 11.8. The van der Waals surface area contributed by atoms with Crippen LogP contribution in [0.5, 0.6) is 0 Å². The zero-order valence-corrected chi connectivity index (χ0v) is 8.55. The molecule has 0 bridgehead atoms. The Bertz CT molecular complexity index is 396. The van der Waals surface area contributed by atoms with E-state index >= 15 is 0 Å². The zero-order valence-electron chi connectivity index (χ0n) is 7.80. The third-order valence-corrected chi connectivity index (χ3v) is 2.33. The van der Waals surface area contributed by atoms with Crippen LogP contribution in [-0.2, 0) is 11.2 Å². The lowest BCUT2D eigenvalue weighted by Gasteiger charge is -2.10. The lowest BCUT2D eigenvalue weighted by molar-refractivity contribution is -0.136. The summed E-state index contributed by atoms with van der Waals surface area (Å²) in [6, 6.07) is 0. The zero-order chi connectivity index (χ0) is 11.6. The number of aliphatic carboxylic acids is 1. The van der Waals surface area contributed by atoms with Crippen molar-refractivity contribution >= 4 is 17.6 Å². The third kappa shape index (κ3) is 2.62. The van der Waals surface area contributed by atoms with E-state index in [0.717, 1.165) is 6.20 Å². The standard InChI is InChI=1S/C9H8ClF2NO2/c1-4-7(9(11)12)5(2-6(14)15)3-13-8(4)10/h3,9H,2H2,1H3,(H,14,15). The number of aromatic nitrogens is 1. The van der Waals surface area contributed by atoms with Gasteiger partial charge < -0.3 is 5.11 Å². The number of hydrogen-bond donors (Lipinski definition) is 1. The number of carbonyl (C=O) groups is 1. The summed E-state index contributed by atoms with van der Waals surface area (Å²) in [5, 5.41) is 8.50. The number of nitrogens with zero attached hydrogens (tertiary/aromatic N) is 1. The first-order chi connectivity index (χ1) is 6.93. The molecule has 82 valence electrons. The van der Waals surface area contributed by atoms with Gasteiger partial charge in [-0.2, -0.15) is 0 Å². The summed E-state index contributed by atoms with van der Waals surface area (Å²) in [7, 11) is 0. The highest BCUT2D eigenvalue weighted by Crippen LogP contribution is 2.29. The molecule has 1 rings (SSSR count). The van der Waals surface area contributed by atoms with E-state index in [2.05, 4.69) is 4.98 Å². The van der Waals surface area contributed by atoms with E-state index in [0.29, 0.717) is 0 Å². The van der Waals surface area contributed by atoms with E-state index in [4.69, 9.17) is 16.7 Å². The second kappa shape index (κ2) is 4.53. The Morgan fingerprint density at radius 2 is 2.27 bits per heavy atom. The topological polar surface area (TPSA) is 50.2 Å². The van der Waals surface area contributed by atoms with Crippen LogP contribution in [0.2, 0.25) is 5.15 Å². The highest BCUT2D eigenvalue weighted by molar-refractivity contribution is 6.30. The second-order valence-electron chi connectivity index (χ2n) is 2.98. The molecular formula is C9H8ClF2NO2. The molecule has 1 aromatic rings. The monoisotopic (exact) mass is 235 g/mol. The van der Waals surface area contributed by atoms with Gasteiger partial charge in [0.2, 0.25) is 0 Å². The molecule has 6 heteroatoms. The molecule has 3 nitrogen and oxygen atoms in total. The third-order valence-electron chi connectivity index (χ3n) is 1.95. The number of rotatable bonds is 3. The minimum atomic E-state index is -2.75. The fourth-order valence-electron chi connectivity index (χ4n) is 1.26. The minimum Gasteiger partial charge on any atom is -0.481 e. The number of hydrogen-bond acceptors (Lipinski definition) is 2. The molecule has 0 aliphatic carbocycles. The van der Waals surface area contributed by atoms with E-state index < -0.39 is 18.8 Å². The van der Waals surface area contributed by atoms with Crippen LogP contribution in [0.3, 0.4) is 0 Å². The number of alkyl halides is 2. The van der Waals surface area contributed by atoms with E-state index in [1.807, 2.05) is 0 Å². The van der Waals surface area contributed by atoms with Crippen LogP contribution in [0.25, 0.3) is 0 Å². The maximum absolute atomic E-state index is 12.6. The van der Waals surface area contributed by atoms with Gasteiger partial charge in [0.1, 0.15) is 5.15 Å². The molecule has 0 saturated heterocycles. The van der Waals surface area contributed by atoms with Crippen LogP contribution in [0.15, 0.2) is 6.20 Å². The fraction of sp³-hybridized carbons (Fsp3) is 0.333. The van der Waals surface area contributed by atoms with Gasteiger partial charge in [0.15, 0.2) is 0 Å². The molecule has 1 aromatic heterocycles. The average molecular weight is 236 g/mol. The molecule has 0 saturated carbocycles. The predicted octanol–water partition coefficient (Wildman–Crippen LogP) is 2.61. The maximum Gasteiger partial charge on any atom is 0.307 e. The summed E-state index contributed by atoms with van der Waals surface area (Å²) in [6.07, 6.45) is -2.16. The molecule has 0 spiro atoms. The van der Waals surface area contributed by atoms with E-state index in [1.54, 1.807) is 0 Å². The molecule has 0 aliphatic heterocycles. The van der Waals surface area contributed by atoms with Crippen LogP contribution in [-0.4, -0.2) is 16.1 Å². The van der Waals surface area contributed by atoms with Gasteiger partial charge in [-0.05, 0) is 18.1 Å². The Kier molecular flexibility index (Phi) is 3.57. The van der Waals surface area contributed by atoms with Crippen molar-refractivity contribution in [2.24, 2.45) is 0 Å². The van der Waals surface area contributed by atoms with Gasteiger partial charge in [-0.3, -0.25) is 4.79 Å². The molecule has 0 unspecified atom stereocenters. The molecule has 0 amide bonds. The Balaban J connectivity index is 3.26. The average Bonchev–Trinajstić information content (AvgIpc) is 2.10. The molecule has 0 radical (unpaired) electrons. The van der Waals surface area contributed by atoms with Gasteiger partial charge in [-0.1, -0.05) is 11.6 Å². The van der Waals surface area contributed by atoms with Gasteiger partial charge in [-0.25, -0.2) is 13.8 Å². The first-order valence-electron chi connectivity index (χ1n) is 4.07. The van der Waals surface area contributed by atoms with Crippen LogP contribution in [0.4, 0.5) is 8.78 Å². The molecule has 15 heavy (non-hydrogen) atoms. The maximum atomic E-state index is 12.6. The normalized spacial score (nSPS) is 10.7. The van der Waals surface area contributed by atoms with Crippen molar-refractivity contribution in [1.29, 1.82) is 0 Å². The van der Waals surface area contributed by atoms with Crippen LogP contribution in [0.1, 0.15) is 23.1 Å². The summed E-state index contributed by atoms with van der Waals surface area (Å²) >= 11 is 5.57. The lowest BCUT2D eigenvalue weighted by Crippen LogP contribution is -2.07. The SMILES string of the molecule is Cc1c(Cl)ncc(CC(=O)O)c1C(F)F. The number of halogens is 3. The summed E-state index contributed by atoms with van der Waals surface area (Å²) in [4.78, 5) is 14.1. The van der Waals surface area contributed by atoms with Crippen LogP contribution >= 0.6 is 11.6 Å². The first-order valence-corrected chi connectivity index (χ1v) is 4.45. The Morgan fingerprint density at radius 3 is 2.73 bits per heavy atom. The quantitative estimate of drug-likeness (QED) is 0.820. The second-order valence-corrected chi connectivity index (χ2v) is 3.34. The van der Waals surface area contributed by atoms with Crippen LogP contribution < -0.4 is 0 Å². The number of carboxylic acids is 1. The molecule has 1 heterocycles. The highest BCUT2D eigenvalue weighted by Gasteiger charge is 2.20. The molecule has 1 N–H and O–H groups in total. The van der Waals surface area contributed by atoms with E-state index in [9.17, 15) is 13.6 Å². The summed E-state index contributed by atoms with van der Waals surface area (Å²) in [5.41, 5.74) is -0.206. The largest absolute Gasteiger partial charge is 0.481 e. The predicted molar refractivity (Wildman–Crippen MR) is 50.3 cm³/mol. The molecule has 0 aliphatic rings. The number of pyridine rings is 1. The van der Waals surface area contributed by atoms with Crippen molar-refractivity contribution in [3.63, 3.8) is 0 Å². The molecular weight excluding hydrogens is 228 g/mol. The van der Waals surface area contributed by atoms with Gasteiger partial charge in [-0.15, -0.1) is 0 Å². The van der Waals surface area contributed by atoms with Gasteiger partial charge in [0, 0.05) is 11.8 Å². The van der Waals surface area contributed by atoms with E-state index in [-0.39, 0.29) is 21.8 Å². The Hall–Kier alpha value is -1.23. The van der Waals surface area contributed by atoms with Gasteiger partial charge in [0.25, 0.3) is 6.43 Å². The number of carboxylic acid groups (broad SMARTS) is 1. The molecule has 0 aromatic carbocycles. The minimum absolute atomic E-state index is 0.000556. The Labute approximate surface area is 89.7 Å². The van der Waals surface area contributed by atoms with Crippen molar-refractivity contribution in [1.82, 2.24) is 4.98 Å². The molecule has 0 fully saturated rings. The Morgan fingerprint density at radius 1 is 1.67 bits per heavy atom. The highest BCUT2D eigenvalue weighted by atomic mass is 35.5. The smallest absolute Gasteiger partial charge is 0.307 e. The van der Waals surface area contributed by atoms with Crippen LogP contribution in [0, 0.1) is 6.92 Å².